The third-order valence-corrected chi connectivity index (χ3v) is 16.0. The summed E-state index contributed by atoms with van der Waals surface area (Å²) in [4.78, 5) is 77.7. The molecule has 21 heteroatoms. The van der Waals surface area contributed by atoms with Crippen molar-refractivity contribution in [3.05, 3.63) is 82.1 Å². The van der Waals surface area contributed by atoms with Crippen molar-refractivity contribution < 1.29 is 46.9 Å². The van der Waals surface area contributed by atoms with E-state index in [0.717, 1.165) is 35.6 Å². The number of carbonyl (C=O) groups is 4. The second-order valence-electron chi connectivity index (χ2n) is 19.6. The zero-order chi connectivity index (χ0) is 49.9. The molecule has 3 saturated heterocycles. The maximum absolute atomic E-state index is 17.5. The molecule has 2 aromatic carbocycles. The number of fused-ring (bicyclic) bond motifs is 5. The fraction of sp³-hybridized carbons (Fsp3) is 0.471. The third-order valence-electron chi connectivity index (χ3n) is 14.8. The molecule has 8 heterocycles. The largest absolute Gasteiger partial charge is 0.464 e. The molecule has 4 amide bonds. The van der Waals surface area contributed by atoms with Gasteiger partial charge in [0.05, 0.1) is 76.7 Å². The highest BCUT2D eigenvalue weighted by Gasteiger charge is 2.42. The summed E-state index contributed by atoms with van der Waals surface area (Å²) in [6, 6.07) is 6.00. The number of H-pyrrole nitrogens is 2. The van der Waals surface area contributed by atoms with E-state index >= 15 is 8.78 Å². The summed E-state index contributed by atoms with van der Waals surface area (Å²) in [5.41, 5.74) is 2.62. The molecule has 4 aliphatic heterocycles. The molecule has 0 radical (unpaired) electrons. The van der Waals surface area contributed by atoms with Gasteiger partial charge in [0.2, 0.25) is 18.0 Å². The molecule has 4 aromatic heterocycles. The molecule has 4 N–H and O–H groups in total. The SMILES string of the molecule is COC(=O)NC(C(=O)N1CCC[C@H]1c1ncc(-c2cc(F)c3c(c2)OC(c2cnc(C4CC4)s2)n2c-3c(F)c3cc(-c4cnc([C@@H]5CCCN5C(=O)C(NC(=O)OC)C5CCOCC5)[nH]4)ccc32)[nH]1)C(C)C. The van der Waals surface area contributed by atoms with Gasteiger partial charge in [0, 0.05) is 54.9 Å². The molecule has 5 aliphatic rings. The van der Waals surface area contributed by atoms with Crippen LogP contribution in [0.25, 0.3) is 44.7 Å². The average molecular weight is 1010 g/mol. The Kier molecular flexibility index (Phi) is 12.7. The average Bonchev–Trinajstić information content (AvgIpc) is 4.10. The highest BCUT2D eigenvalue weighted by atomic mass is 32.1. The molecule has 3 unspecified atom stereocenters. The van der Waals surface area contributed by atoms with Crippen LogP contribution in [0.3, 0.4) is 0 Å². The van der Waals surface area contributed by atoms with Crippen LogP contribution in [0.5, 0.6) is 5.75 Å². The number of likely N-dealkylation sites (tertiary alicyclic amines) is 2. The van der Waals surface area contributed by atoms with Crippen LogP contribution < -0.4 is 15.4 Å². The van der Waals surface area contributed by atoms with Crippen molar-refractivity contribution in [1.29, 1.82) is 0 Å². The number of methoxy groups -OCH3 is 2. The zero-order valence-electron chi connectivity index (χ0n) is 40.3. The molecule has 0 bridgehead atoms. The summed E-state index contributed by atoms with van der Waals surface area (Å²) in [7, 11) is 2.52. The van der Waals surface area contributed by atoms with E-state index in [1.54, 1.807) is 51.2 Å². The molecule has 4 fully saturated rings. The van der Waals surface area contributed by atoms with E-state index in [1.807, 2.05) is 19.9 Å². The predicted octanol–water partition coefficient (Wildman–Crippen LogP) is 8.50. The molecular formula is C51H56F2N10O8S. The van der Waals surface area contributed by atoms with Crippen molar-refractivity contribution in [3.8, 4) is 39.5 Å². The molecular weight excluding hydrogens is 951 g/mol. The van der Waals surface area contributed by atoms with Gasteiger partial charge in [0.25, 0.3) is 0 Å². The molecule has 11 rings (SSSR count). The van der Waals surface area contributed by atoms with E-state index in [0.29, 0.717) is 97.6 Å². The first-order valence-corrected chi connectivity index (χ1v) is 25.5. The number of halogens is 2. The van der Waals surface area contributed by atoms with Gasteiger partial charge >= 0.3 is 12.2 Å². The van der Waals surface area contributed by atoms with Crippen molar-refractivity contribution in [2.45, 2.75) is 102 Å². The lowest BCUT2D eigenvalue weighted by Crippen LogP contribution is -2.53. The second kappa shape index (κ2) is 19.3. The lowest BCUT2D eigenvalue weighted by atomic mass is 9.90. The van der Waals surface area contributed by atoms with Crippen molar-refractivity contribution in [2.75, 3.05) is 40.5 Å². The van der Waals surface area contributed by atoms with E-state index < -0.39 is 48.2 Å². The molecule has 72 heavy (non-hydrogen) atoms. The van der Waals surface area contributed by atoms with Crippen LogP contribution in [-0.2, 0) is 23.8 Å². The van der Waals surface area contributed by atoms with Crippen LogP contribution in [-0.4, -0.2) is 116 Å². The number of ether oxygens (including phenoxy) is 4. The van der Waals surface area contributed by atoms with Crippen molar-refractivity contribution in [2.24, 2.45) is 11.8 Å². The van der Waals surface area contributed by atoms with Crippen LogP contribution in [0.4, 0.5) is 18.4 Å². The highest BCUT2D eigenvalue weighted by Crippen LogP contribution is 2.51. The van der Waals surface area contributed by atoms with Crippen LogP contribution >= 0.6 is 11.3 Å². The summed E-state index contributed by atoms with van der Waals surface area (Å²) in [6.45, 7) is 5.66. The first-order chi connectivity index (χ1) is 34.9. The Balaban J connectivity index is 0.912. The van der Waals surface area contributed by atoms with Gasteiger partial charge in [-0.3, -0.25) is 14.2 Å². The lowest BCUT2D eigenvalue weighted by Gasteiger charge is -2.34. The van der Waals surface area contributed by atoms with Gasteiger partial charge < -0.3 is 49.3 Å². The Morgan fingerprint density at radius 2 is 1.44 bits per heavy atom. The number of nitrogens with one attached hydrogen (secondary N) is 4. The summed E-state index contributed by atoms with van der Waals surface area (Å²) in [6.07, 6.45) is 8.86. The summed E-state index contributed by atoms with van der Waals surface area (Å²) >= 11 is 1.50. The molecule has 5 atom stereocenters. The number of alkyl carbamates (subject to hydrolysis) is 2. The number of carbonyl (C=O) groups excluding carboxylic acids is 4. The van der Waals surface area contributed by atoms with E-state index in [1.165, 1.54) is 31.6 Å². The van der Waals surface area contributed by atoms with Gasteiger partial charge in [-0.2, -0.15) is 0 Å². The smallest absolute Gasteiger partial charge is 0.407 e. The van der Waals surface area contributed by atoms with Gasteiger partial charge in [-0.15, -0.1) is 11.3 Å². The molecule has 1 saturated carbocycles. The minimum Gasteiger partial charge on any atom is -0.464 e. The summed E-state index contributed by atoms with van der Waals surface area (Å²) < 4.78 is 58.1. The molecule has 1 aliphatic carbocycles. The monoisotopic (exact) mass is 1010 g/mol. The van der Waals surface area contributed by atoms with E-state index in [-0.39, 0.29) is 52.1 Å². The number of amides is 4. The van der Waals surface area contributed by atoms with Crippen LogP contribution in [0, 0.1) is 23.5 Å². The summed E-state index contributed by atoms with van der Waals surface area (Å²) in [5.74, 6) is -0.518. The fourth-order valence-corrected chi connectivity index (χ4v) is 12.0. The number of aromatic nitrogens is 6. The minimum absolute atomic E-state index is 0.0297. The van der Waals surface area contributed by atoms with Gasteiger partial charge in [-0.05, 0) is 87.5 Å². The summed E-state index contributed by atoms with van der Waals surface area (Å²) in [5, 5.41) is 6.68. The van der Waals surface area contributed by atoms with E-state index in [4.69, 9.17) is 28.9 Å². The van der Waals surface area contributed by atoms with Crippen molar-refractivity contribution in [3.63, 3.8) is 0 Å². The molecule has 378 valence electrons. The van der Waals surface area contributed by atoms with Crippen LogP contribution in [0.15, 0.2) is 48.9 Å². The Morgan fingerprint density at radius 3 is 2.10 bits per heavy atom. The van der Waals surface area contributed by atoms with E-state index in [9.17, 15) is 19.2 Å². The highest BCUT2D eigenvalue weighted by molar-refractivity contribution is 7.11. The Hall–Kier alpha value is -6.87. The van der Waals surface area contributed by atoms with Crippen LogP contribution in [0.2, 0.25) is 0 Å². The van der Waals surface area contributed by atoms with Gasteiger partial charge in [-0.1, -0.05) is 19.9 Å². The first-order valence-electron chi connectivity index (χ1n) is 24.7. The number of rotatable bonds is 12. The number of thiazole rings is 1. The molecule has 0 spiro atoms. The Labute approximate surface area is 417 Å². The number of imidazole rings is 2. The quantitative estimate of drug-likeness (QED) is 0.0913. The van der Waals surface area contributed by atoms with Crippen molar-refractivity contribution in [1.82, 2.24) is 49.9 Å². The van der Waals surface area contributed by atoms with Crippen LogP contribution in [0.1, 0.15) is 111 Å². The van der Waals surface area contributed by atoms with Gasteiger partial charge in [-0.25, -0.2) is 33.3 Å². The maximum atomic E-state index is 17.5. The minimum atomic E-state index is -0.879. The number of benzene rings is 2. The maximum Gasteiger partial charge on any atom is 0.407 e. The number of aromatic amines is 2. The standard InChI is InChI=1S/C51H56F2N10O8S/c1-25(2)41(59-50(66)68-3)47(64)61-15-5-7-35(61)45-55-23-33(58-45)29-20-31(52)39-37(21-29)71-49(38-24-56-46(72-38)27-9-10-27)63-34-12-11-28(19-30(34)40(53)43(39)63)32-22-54-44(57-32)36-8-6-16-62(36)48(65)42(60-51(67)69-4)26-13-17-70-18-14-26/h11-12,19-27,35-36,41-42,49H,5-10,13-18H2,1-4H3,(H,54,57)(H,55,58)(H,59,66)(H,60,67)/t35-,36-,41?,42?,49?/m0/s1. The predicted molar refractivity (Wildman–Crippen MR) is 260 cm³/mol. The topological polar surface area (TPSA) is 211 Å². The fourth-order valence-electron chi connectivity index (χ4n) is 10.9. The number of hydrogen-bond acceptors (Lipinski definition) is 12. The Morgan fingerprint density at radius 1 is 0.792 bits per heavy atom. The van der Waals surface area contributed by atoms with Gasteiger partial charge in [0.15, 0.2) is 5.82 Å². The van der Waals surface area contributed by atoms with E-state index in [2.05, 4.69) is 25.6 Å². The molecule has 18 nitrogen and oxygen atoms in total. The van der Waals surface area contributed by atoms with Gasteiger partial charge in [0.1, 0.15) is 35.3 Å². The lowest BCUT2D eigenvalue weighted by molar-refractivity contribution is -0.137. The normalized spacial score (nSPS) is 20.8. The first kappa shape index (κ1) is 47.5. The second-order valence-corrected chi connectivity index (χ2v) is 20.7. The number of nitrogens with zero attached hydrogens (tertiary/aromatic N) is 6. The Bertz CT molecular complexity index is 3070. The van der Waals surface area contributed by atoms with Crippen molar-refractivity contribution >= 4 is 46.2 Å². The number of hydrogen-bond donors (Lipinski definition) is 4. The molecule has 6 aromatic rings. The third kappa shape index (κ3) is 8.62. The zero-order valence-corrected chi connectivity index (χ0v) is 41.2.